The summed E-state index contributed by atoms with van der Waals surface area (Å²) in [7, 11) is -2.95. The molecule has 0 atom stereocenters. The van der Waals surface area contributed by atoms with E-state index < -0.39 is 9.84 Å². The molecule has 1 aromatic carbocycles. The van der Waals surface area contributed by atoms with E-state index >= 15 is 0 Å². The molecule has 0 heterocycles. The molecule has 0 unspecified atom stereocenters. The molecular weight excluding hydrogens is 252 g/mol. The number of nitrogens with two attached hydrogens (primary N) is 1. The summed E-state index contributed by atoms with van der Waals surface area (Å²) in [6.45, 7) is 0.369. The van der Waals surface area contributed by atoms with Crippen molar-refractivity contribution >= 4 is 21.4 Å². The summed E-state index contributed by atoms with van der Waals surface area (Å²) < 4.78 is 21.8. The van der Waals surface area contributed by atoms with Gasteiger partial charge < -0.3 is 11.1 Å². The highest BCUT2D eigenvalue weighted by Gasteiger charge is 2.05. The van der Waals surface area contributed by atoms with Crippen LogP contribution in [0.2, 0.25) is 0 Å². The molecule has 6 heteroatoms. The van der Waals surface area contributed by atoms with Crippen molar-refractivity contribution in [3.05, 3.63) is 29.8 Å². The predicted octanol–water partition coefficient (Wildman–Crippen LogP) is 0.362. The monoisotopic (exact) mass is 270 g/mol. The van der Waals surface area contributed by atoms with Crippen molar-refractivity contribution in [2.24, 2.45) is 0 Å². The highest BCUT2D eigenvalue weighted by atomic mass is 32.2. The first-order valence-corrected chi connectivity index (χ1v) is 7.72. The average Bonchev–Trinajstić information content (AvgIpc) is 2.23. The van der Waals surface area contributed by atoms with Crippen LogP contribution >= 0.6 is 0 Å². The number of anilines is 1. The number of hydrogen-bond acceptors (Lipinski definition) is 4. The molecule has 0 fully saturated rings. The van der Waals surface area contributed by atoms with Crippen LogP contribution in [-0.4, -0.2) is 32.9 Å². The molecule has 0 aliphatic rings. The van der Waals surface area contributed by atoms with Crippen LogP contribution in [0, 0.1) is 0 Å². The Morgan fingerprint density at radius 2 is 2.11 bits per heavy atom. The summed E-state index contributed by atoms with van der Waals surface area (Å²) >= 11 is 0. The molecule has 1 aromatic rings. The van der Waals surface area contributed by atoms with Gasteiger partial charge >= 0.3 is 0 Å². The van der Waals surface area contributed by atoms with Gasteiger partial charge in [-0.15, -0.1) is 0 Å². The molecule has 0 saturated heterocycles. The molecular formula is C12H18N2O3S. The number of benzene rings is 1. The SMILES string of the molecule is CS(=O)(=O)CCCNC(=O)Cc1cccc(N)c1. The van der Waals surface area contributed by atoms with Crippen LogP contribution in [0.3, 0.4) is 0 Å². The number of amides is 1. The molecule has 0 aliphatic heterocycles. The van der Waals surface area contributed by atoms with Gasteiger partial charge in [-0.3, -0.25) is 4.79 Å². The summed E-state index contributed by atoms with van der Waals surface area (Å²) in [5.74, 6) is -0.0416. The Kier molecular flexibility index (Phi) is 5.15. The van der Waals surface area contributed by atoms with Crippen LogP contribution in [0.1, 0.15) is 12.0 Å². The second-order valence-corrected chi connectivity index (χ2v) is 6.51. The molecule has 1 amide bonds. The first-order chi connectivity index (χ1) is 8.37. The Morgan fingerprint density at radius 1 is 1.39 bits per heavy atom. The van der Waals surface area contributed by atoms with Gasteiger partial charge in [0.15, 0.2) is 0 Å². The molecule has 1 rings (SSSR count). The number of nitrogen functional groups attached to an aromatic ring is 1. The molecule has 0 bridgehead atoms. The summed E-state index contributed by atoms with van der Waals surface area (Å²) in [6, 6.07) is 7.12. The van der Waals surface area contributed by atoms with E-state index in [-0.39, 0.29) is 18.1 Å². The molecule has 0 radical (unpaired) electrons. The third kappa shape index (κ3) is 6.24. The van der Waals surface area contributed by atoms with E-state index in [1.807, 2.05) is 6.07 Å². The first kappa shape index (κ1) is 14.5. The number of hydrogen-bond donors (Lipinski definition) is 2. The van der Waals surface area contributed by atoms with Crippen LogP contribution in [0.4, 0.5) is 5.69 Å². The molecule has 0 saturated carbocycles. The summed E-state index contributed by atoms with van der Waals surface area (Å²) in [5, 5.41) is 2.68. The van der Waals surface area contributed by atoms with Gasteiger partial charge in [0.05, 0.1) is 12.2 Å². The Balaban J connectivity index is 2.30. The quantitative estimate of drug-likeness (QED) is 0.577. The lowest BCUT2D eigenvalue weighted by atomic mass is 10.1. The number of rotatable bonds is 6. The smallest absolute Gasteiger partial charge is 0.224 e. The Labute approximate surface area is 107 Å². The summed E-state index contributed by atoms with van der Waals surface area (Å²) in [4.78, 5) is 11.5. The fraction of sp³-hybridized carbons (Fsp3) is 0.417. The minimum atomic E-state index is -2.95. The van der Waals surface area contributed by atoms with E-state index in [2.05, 4.69) is 5.32 Å². The molecule has 100 valence electrons. The zero-order chi connectivity index (χ0) is 13.6. The van der Waals surface area contributed by atoms with Gasteiger partial charge in [0.25, 0.3) is 0 Å². The number of sulfone groups is 1. The van der Waals surface area contributed by atoms with Crippen LogP contribution in [0.25, 0.3) is 0 Å². The second kappa shape index (κ2) is 6.39. The lowest BCUT2D eigenvalue weighted by molar-refractivity contribution is -0.120. The molecule has 0 aliphatic carbocycles. The maximum Gasteiger partial charge on any atom is 0.224 e. The van der Waals surface area contributed by atoms with E-state index in [0.717, 1.165) is 5.56 Å². The van der Waals surface area contributed by atoms with E-state index in [4.69, 9.17) is 5.73 Å². The summed E-state index contributed by atoms with van der Waals surface area (Å²) in [6.07, 6.45) is 1.87. The van der Waals surface area contributed by atoms with Gasteiger partial charge in [-0.05, 0) is 24.1 Å². The van der Waals surface area contributed by atoms with Crippen LogP contribution in [-0.2, 0) is 21.1 Å². The lowest BCUT2D eigenvalue weighted by Gasteiger charge is -2.05. The maximum atomic E-state index is 11.5. The predicted molar refractivity (Wildman–Crippen MR) is 71.9 cm³/mol. The molecule has 18 heavy (non-hydrogen) atoms. The largest absolute Gasteiger partial charge is 0.399 e. The van der Waals surface area contributed by atoms with Crippen LogP contribution < -0.4 is 11.1 Å². The van der Waals surface area contributed by atoms with Gasteiger partial charge in [0.2, 0.25) is 5.91 Å². The fourth-order valence-electron chi connectivity index (χ4n) is 1.51. The molecule has 5 nitrogen and oxygen atoms in total. The number of nitrogens with one attached hydrogen (secondary N) is 1. The third-order valence-electron chi connectivity index (χ3n) is 2.33. The Morgan fingerprint density at radius 3 is 2.72 bits per heavy atom. The fourth-order valence-corrected chi connectivity index (χ4v) is 2.18. The first-order valence-electron chi connectivity index (χ1n) is 5.66. The zero-order valence-corrected chi connectivity index (χ0v) is 11.2. The van der Waals surface area contributed by atoms with Crippen molar-refractivity contribution in [2.75, 3.05) is 24.3 Å². The third-order valence-corrected chi connectivity index (χ3v) is 3.36. The number of carbonyl (C=O) groups is 1. The minimum Gasteiger partial charge on any atom is -0.399 e. The minimum absolute atomic E-state index is 0.0889. The average molecular weight is 270 g/mol. The zero-order valence-electron chi connectivity index (χ0n) is 10.3. The van der Waals surface area contributed by atoms with E-state index in [1.165, 1.54) is 6.26 Å². The van der Waals surface area contributed by atoms with Gasteiger partial charge in [0, 0.05) is 18.5 Å². The Hall–Kier alpha value is -1.56. The normalized spacial score (nSPS) is 11.2. The van der Waals surface area contributed by atoms with Crippen molar-refractivity contribution in [2.45, 2.75) is 12.8 Å². The highest BCUT2D eigenvalue weighted by Crippen LogP contribution is 2.06. The Bertz CT molecular complexity index is 512. The second-order valence-electron chi connectivity index (χ2n) is 4.26. The molecule has 3 N–H and O–H groups in total. The highest BCUT2D eigenvalue weighted by molar-refractivity contribution is 7.90. The maximum absolute atomic E-state index is 11.5. The molecule has 0 aromatic heterocycles. The van der Waals surface area contributed by atoms with E-state index in [1.54, 1.807) is 18.2 Å². The standard InChI is InChI=1S/C12H18N2O3S/c1-18(16,17)7-3-6-14-12(15)9-10-4-2-5-11(13)8-10/h2,4-5,8H,3,6-7,9,13H2,1H3,(H,14,15). The van der Waals surface area contributed by atoms with Crippen molar-refractivity contribution in [3.63, 3.8) is 0 Å². The van der Waals surface area contributed by atoms with Crippen molar-refractivity contribution in [3.8, 4) is 0 Å². The van der Waals surface area contributed by atoms with Crippen molar-refractivity contribution in [1.29, 1.82) is 0 Å². The molecule has 0 spiro atoms. The van der Waals surface area contributed by atoms with Crippen molar-refractivity contribution < 1.29 is 13.2 Å². The number of carbonyl (C=O) groups excluding carboxylic acids is 1. The van der Waals surface area contributed by atoms with Crippen LogP contribution in [0.15, 0.2) is 24.3 Å². The van der Waals surface area contributed by atoms with Gasteiger partial charge in [-0.25, -0.2) is 8.42 Å². The van der Waals surface area contributed by atoms with Crippen molar-refractivity contribution in [1.82, 2.24) is 5.32 Å². The van der Waals surface area contributed by atoms with Crippen LogP contribution in [0.5, 0.6) is 0 Å². The van der Waals surface area contributed by atoms with E-state index in [0.29, 0.717) is 18.7 Å². The lowest BCUT2D eigenvalue weighted by Crippen LogP contribution is -2.27. The van der Waals surface area contributed by atoms with E-state index in [9.17, 15) is 13.2 Å². The van der Waals surface area contributed by atoms with Gasteiger partial charge in [-0.2, -0.15) is 0 Å². The topological polar surface area (TPSA) is 89.3 Å². The van der Waals surface area contributed by atoms with Gasteiger partial charge in [-0.1, -0.05) is 12.1 Å². The summed E-state index contributed by atoms with van der Waals surface area (Å²) in [5.41, 5.74) is 7.07. The van der Waals surface area contributed by atoms with Gasteiger partial charge in [0.1, 0.15) is 9.84 Å².